The van der Waals surface area contributed by atoms with Crippen molar-refractivity contribution in [3.05, 3.63) is 11.6 Å². The van der Waals surface area contributed by atoms with Crippen molar-refractivity contribution in [3.63, 3.8) is 0 Å². The molecule has 5 aliphatic carbocycles. The van der Waals surface area contributed by atoms with Gasteiger partial charge in [0, 0.05) is 5.41 Å². The van der Waals surface area contributed by atoms with Crippen molar-refractivity contribution in [3.8, 4) is 0 Å². The predicted molar refractivity (Wildman–Crippen MR) is 135 cm³/mol. The van der Waals surface area contributed by atoms with Crippen molar-refractivity contribution in [2.45, 2.75) is 105 Å². The molecule has 35 heavy (non-hydrogen) atoms. The molecule has 4 saturated carbocycles. The van der Waals surface area contributed by atoms with Crippen LogP contribution in [-0.4, -0.2) is 45.2 Å². The molecule has 198 valence electrons. The van der Waals surface area contributed by atoms with E-state index in [-0.39, 0.29) is 34.7 Å². The quantitative estimate of drug-likeness (QED) is 0.409. The molecule has 0 unspecified atom stereocenters. The minimum atomic E-state index is -0.907. The van der Waals surface area contributed by atoms with Crippen LogP contribution in [0.4, 0.5) is 0 Å². The van der Waals surface area contributed by atoms with Crippen molar-refractivity contribution in [2.75, 3.05) is 6.61 Å². The zero-order valence-corrected chi connectivity index (χ0v) is 22.7. The standard InChI is InChI=1S/C30H48O5/c1-17-9-12-30(25(34)35)14-13-28(5)19(23(30)18(17)2)7-8-22-26(3)15-20(32)24(33)27(4,16-31)21(26)10-11-29(22,28)6/h7,17-18,20-24,31-33H,8-16H2,1-6H3,(H,34,35)/t17-,18-,20+,21-,22-,23+,24+,26-,27-,28-,29+,30+/m1/s1. The molecule has 0 saturated heterocycles. The predicted octanol–water partition coefficient (Wildman–Crippen LogP) is 5.03. The second-order valence-electron chi connectivity index (χ2n) is 14.5. The first-order valence-electron chi connectivity index (χ1n) is 14.1. The van der Waals surface area contributed by atoms with Crippen LogP contribution in [0.15, 0.2) is 11.6 Å². The summed E-state index contributed by atoms with van der Waals surface area (Å²) in [6.07, 6.45) is 7.51. The molecular formula is C30H48O5. The molecule has 5 heteroatoms. The fourth-order valence-corrected chi connectivity index (χ4v) is 11.0. The van der Waals surface area contributed by atoms with Gasteiger partial charge in [-0.3, -0.25) is 4.79 Å². The number of rotatable bonds is 2. The number of aliphatic hydroxyl groups is 3. The van der Waals surface area contributed by atoms with Crippen LogP contribution in [-0.2, 0) is 4.79 Å². The van der Waals surface area contributed by atoms with Gasteiger partial charge >= 0.3 is 5.97 Å². The van der Waals surface area contributed by atoms with E-state index < -0.39 is 29.0 Å². The summed E-state index contributed by atoms with van der Waals surface area (Å²) in [5, 5.41) is 42.9. The Hall–Kier alpha value is -0.910. The molecule has 4 fully saturated rings. The zero-order chi connectivity index (χ0) is 25.8. The fraction of sp³-hybridized carbons (Fsp3) is 0.900. The fourth-order valence-electron chi connectivity index (χ4n) is 11.0. The maximum Gasteiger partial charge on any atom is 0.310 e. The van der Waals surface area contributed by atoms with Crippen LogP contribution < -0.4 is 0 Å². The third-order valence-electron chi connectivity index (χ3n) is 13.5. The van der Waals surface area contributed by atoms with Gasteiger partial charge < -0.3 is 20.4 Å². The number of hydrogen-bond donors (Lipinski definition) is 4. The first-order chi connectivity index (χ1) is 16.2. The van der Waals surface area contributed by atoms with Crippen LogP contribution in [0.5, 0.6) is 0 Å². The van der Waals surface area contributed by atoms with Crippen LogP contribution in [0.1, 0.15) is 92.9 Å². The van der Waals surface area contributed by atoms with E-state index in [9.17, 15) is 25.2 Å². The summed E-state index contributed by atoms with van der Waals surface area (Å²) in [5.41, 5.74) is -0.214. The van der Waals surface area contributed by atoms with E-state index in [1.54, 1.807) is 0 Å². The number of allylic oxidation sites excluding steroid dienone is 2. The van der Waals surface area contributed by atoms with Gasteiger partial charge in [0.15, 0.2) is 0 Å². The van der Waals surface area contributed by atoms with Crippen molar-refractivity contribution in [2.24, 2.45) is 56.7 Å². The molecule has 0 heterocycles. The SMILES string of the molecule is C[C@@H]1[C@H](C)CC[C@]2(C(=O)O)CC[C@]3(C)C(=CC[C@@H]4[C@]5(C)C[C@H](O)[C@H](O)[C@](C)(CO)[C@@H]5CC[C@@]43C)[C@H]12. The molecule has 5 aliphatic rings. The van der Waals surface area contributed by atoms with Gasteiger partial charge in [0.1, 0.15) is 0 Å². The summed E-state index contributed by atoms with van der Waals surface area (Å²) < 4.78 is 0. The second-order valence-corrected chi connectivity index (χ2v) is 14.5. The highest BCUT2D eigenvalue weighted by atomic mass is 16.4. The molecule has 0 amide bonds. The molecular weight excluding hydrogens is 440 g/mol. The Morgan fingerprint density at radius 1 is 1.00 bits per heavy atom. The minimum absolute atomic E-state index is 0.00815. The van der Waals surface area contributed by atoms with Crippen LogP contribution in [0.2, 0.25) is 0 Å². The lowest BCUT2D eigenvalue weighted by Gasteiger charge is -2.71. The molecule has 0 aliphatic heterocycles. The molecule has 0 spiro atoms. The Labute approximate surface area is 211 Å². The number of hydrogen-bond acceptors (Lipinski definition) is 4. The van der Waals surface area contributed by atoms with Gasteiger partial charge in [-0.05, 0) is 97.2 Å². The number of carbonyl (C=O) groups is 1. The number of carboxylic acids is 1. The highest BCUT2D eigenvalue weighted by Crippen LogP contribution is 2.75. The number of carboxylic acid groups (broad SMARTS) is 1. The lowest BCUT2D eigenvalue weighted by atomic mass is 9.33. The van der Waals surface area contributed by atoms with E-state index in [0.29, 0.717) is 24.2 Å². The van der Waals surface area contributed by atoms with Crippen molar-refractivity contribution in [1.29, 1.82) is 0 Å². The van der Waals surface area contributed by atoms with Crippen molar-refractivity contribution >= 4 is 5.97 Å². The number of aliphatic hydroxyl groups excluding tert-OH is 3. The molecule has 12 atom stereocenters. The topological polar surface area (TPSA) is 98.0 Å². The minimum Gasteiger partial charge on any atom is -0.481 e. The largest absolute Gasteiger partial charge is 0.481 e. The Balaban J connectivity index is 1.62. The summed E-state index contributed by atoms with van der Waals surface area (Å²) in [4.78, 5) is 12.8. The number of aliphatic carboxylic acids is 1. The van der Waals surface area contributed by atoms with Crippen molar-refractivity contribution < 1.29 is 25.2 Å². The Morgan fingerprint density at radius 3 is 2.31 bits per heavy atom. The third-order valence-corrected chi connectivity index (χ3v) is 13.5. The van der Waals surface area contributed by atoms with Crippen LogP contribution >= 0.6 is 0 Å². The molecule has 0 bridgehead atoms. The highest BCUT2D eigenvalue weighted by molar-refractivity contribution is 5.76. The Morgan fingerprint density at radius 2 is 1.69 bits per heavy atom. The van der Waals surface area contributed by atoms with Gasteiger partial charge in [-0.2, -0.15) is 0 Å². The summed E-state index contributed by atoms with van der Waals surface area (Å²) >= 11 is 0. The lowest BCUT2D eigenvalue weighted by molar-refractivity contribution is -0.244. The smallest absolute Gasteiger partial charge is 0.310 e. The number of fused-ring (bicyclic) bond motifs is 7. The first-order valence-corrected chi connectivity index (χ1v) is 14.1. The van der Waals surface area contributed by atoms with E-state index in [1.807, 2.05) is 6.92 Å². The molecule has 5 rings (SSSR count). The average molecular weight is 489 g/mol. The maximum atomic E-state index is 12.8. The zero-order valence-electron chi connectivity index (χ0n) is 22.7. The molecule has 0 aromatic heterocycles. The second kappa shape index (κ2) is 7.80. The van der Waals surface area contributed by atoms with E-state index in [2.05, 4.69) is 40.7 Å². The van der Waals surface area contributed by atoms with Gasteiger partial charge in [-0.25, -0.2) is 0 Å². The monoisotopic (exact) mass is 488 g/mol. The van der Waals surface area contributed by atoms with E-state index >= 15 is 0 Å². The van der Waals surface area contributed by atoms with E-state index in [4.69, 9.17) is 0 Å². The van der Waals surface area contributed by atoms with E-state index in [0.717, 1.165) is 44.9 Å². The maximum absolute atomic E-state index is 12.8. The van der Waals surface area contributed by atoms with Crippen LogP contribution in [0.25, 0.3) is 0 Å². The average Bonchev–Trinajstić information content (AvgIpc) is 2.80. The first kappa shape index (κ1) is 25.7. The molecule has 5 nitrogen and oxygen atoms in total. The summed E-state index contributed by atoms with van der Waals surface area (Å²) in [6.45, 7) is 13.6. The summed E-state index contributed by atoms with van der Waals surface area (Å²) in [7, 11) is 0. The Kier molecular flexibility index (Phi) is 5.73. The lowest BCUT2D eigenvalue weighted by Crippen LogP contribution is -2.68. The summed E-state index contributed by atoms with van der Waals surface area (Å²) in [6, 6.07) is 0. The molecule has 4 N–H and O–H groups in total. The summed E-state index contributed by atoms with van der Waals surface area (Å²) in [5.74, 6) is 0.828. The van der Waals surface area contributed by atoms with Crippen LogP contribution in [0.3, 0.4) is 0 Å². The van der Waals surface area contributed by atoms with Gasteiger partial charge in [0.05, 0.1) is 24.2 Å². The van der Waals surface area contributed by atoms with Crippen molar-refractivity contribution in [1.82, 2.24) is 0 Å². The molecule has 0 aromatic carbocycles. The molecule has 0 radical (unpaired) electrons. The molecule has 0 aromatic rings. The normalized spacial score (nSPS) is 57.7. The van der Waals surface area contributed by atoms with Gasteiger partial charge in [0.2, 0.25) is 0 Å². The van der Waals surface area contributed by atoms with E-state index in [1.165, 1.54) is 5.57 Å². The van der Waals surface area contributed by atoms with Gasteiger partial charge in [-0.1, -0.05) is 53.2 Å². The van der Waals surface area contributed by atoms with Gasteiger partial charge in [-0.15, -0.1) is 0 Å². The third kappa shape index (κ3) is 2.95. The van der Waals surface area contributed by atoms with Gasteiger partial charge in [0.25, 0.3) is 0 Å². The van der Waals surface area contributed by atoms with Crippen LogP contribution in [0, 0.1) is 56.7 Å². The highest BCUT2D eigenvalue weighted by Gasteiger charge is 2.70. The Bertz CT molecular complexity index is 930.